The topological polar surface area (TPSA) is 94.3 Å². The van der Waals surface area contributed by atoms with Gasteiger partial charge >= 0.3 is 5.97 Å². The van der Waals surface area contributed by atoms with Crippen molar-refractivity contribution in [2.45, 2.75) is 19.9 Å². The van der Waals surface area contributed by atoms with Crippen LogP contribution < -0.4 is 10.3 Å². The number of aryl methyl sites for hydroxylation is 2. The van der Waals surface area contributed by atoms with Crippen molar-refractivity contribution in [2.75, 3.05) is 0 Å². The zero-order valence-corrected chi connectivity index (χ0v) is 16.4. The number of carbonyl (C=O) groups is 1. The maximum atomic E-state index is 13.9. The summed E-state index contributed by atoms with van der Waals surface area (Å²) in [5.74, 6) is -3.29. The normalized spacial score (nSPS) is 11.9. The van der Waals surface area contributed by atoms with Crippen molar-refractivity contribution < 1.29 is 23.4 Å². The Balaban J connectivity index is 2.05. The zero-order chi connectivity index (χ0) is 22.2. The van der Waals surface area contributed by atoms with Gasteiger partial charge in [0.1, 0.15) is 35.8 Å². The highest BCUT2D eigenvalue weighted by atomic mass is 35.5. The van der Waals surface area contributed by atoms with Gasteiger partial charge in [-0.1, -0.05) is 11.6 Å². The first-order valence-corrected chi connectivity index (χ1v) is 8.83. The van der Waals surface area contributed by atoms with Gasteiger partial charge in [0.15, 0.2) is 5.82 Å². The molecule has 0 spiro atoms. The van der Waals surface area contributed by atoms with Crippen LogP contribution >= 0.6 is 11.6 Å². The summed E-state index contributed by atoms with van der Waals surface area (Å²) in [5, 5.41) is 8.79. The fourth-order valence-electron chi connectivity index (χ4n) is 2.76. The number of ether oxygens (including phenoxy) is 1. The number of aromatic carboxylic acids is 1. The molecule has 0 amide bonds. The predicted octanol–water partition coefficient (Wildman–Crippen LogP) is 3.12. The minimum atomic E-state index is -1.46. The third kappa shape index (κ3) is 4.04. The molecule has 7 nitrogen and oxygen atoms in total. The number of nitrogens with zero attached hydrogens (tertiary/aromatic N) is 3. The van der Waals surface area contributed by atoms with Gasteiger partial charge in [0.05, 0.1) is 17.9 Å². The second kappa shape index (κ2) is 8.23. The van der Waals surface area contributed by atoms with Crippen molar-refractivity contribution in [2.24, 2.45) is 0 Å². The minimum absolute atomic E-state index is 0.140. The summed E-state index contributed by atoms with van der Waals surface area (Å²) < 4.78 is 33.5. The molecule has 0 aliphatic heterocycles. The Hall–Kier alpha value is -3.27. The molecular weight excluding hydrogens is 418 g/mol. The lowest BCUT2D eigenvalue weighted by Gasteiger charge is -2.19. The first-order valence-electron chi connectivity index (χ1n) is 8.45. The van der Waals surface area contributed by atoms with Crippen LogP contribution in [0.3, 0.4) is 0 Å². The van der Waals surface area contributed by atoms with Crippen LogP contribution in [-0.2, 0) is 0 Å². The molecule has 0 aliphatic carbocycles. The molecule has 0 aromatic carbocycles. The number of hydrogen-bond acceptors (Lipinski definition) is 5. The van der Waals surface area contributed by atoms with E-state index in [1.807, 2.05) is 0 Å². The first-order chi connectivity index (χ1) is 14.1. The van der Waals surface area contributed by atoms with Crippen molar-refractivity contribution in [3.63, 3.8) is 0 Å². The molecule has 0 aliphatic rings. The van der Waals surface area contributed by atoms with Crippen LogP contribution in [0.1, 0.15) is 33.4 Å². The van der Waals surface area contributed by atoms with Gasteiger partial charge in [0.25, 0.3) is 5.56 Å². The second-order valence-electron chi connectivity index (χ2n) is 6.32. The summed E-state index contributed by atoms with van der Waals surface area (Å²) in [6, 6.07) is 1.76. The molecule has 2 radical (unpaired) electrons. The number of carboxylic acids is 1. The van der Waals surface area contributed by atoms with Gasteiger partial charge < -0.3 is 9.84 Å². The fourth-order valence-corrected chi connectivity index (χ4v) is 2.95. The third-order valence-electron chi connectivity index (χ3n) is 4.19. The number of halogens is 3. The van der Waals surface area contributed by atoms with Crippen LogP contribution in [0.15, 0.2) is 35.4 Å². The van der Waals surface area contributed by atoms with Crippen molar-refractivity contribution >= 4 is 25.4 Å². The summed E-state index contributed by atoms with van der Waals surface area (Å²) in [4.78, 5) is 31.5. The Labute approximate surface area is 175 Å². The van der Waals surface area contributed by atoms with Crippen molar-refractivity contribution in [1.82, 2.24) is 14.5 Å². The van der Waals surface area contributed by atoms with Crippen molar-refractivity contribution in [3.8, 4) is 11.4 Å². The molecule has 0 saturated carbocycles. The molecule has 0 bridgehead atoms. The predicted molar refractivity (Wildman–Crippen MR) is 105 cm³/mol. The molecule has 3 aromatic rings. The van der Waals surface area contributed by atoms with Gasteiger partial charge in [-0.2, -0.15) is 0 Å². The molecule has 1 N–H and O–H groups in total. The summed E-state index contributed by atoms with van der Waals surface area (Å²) in [6.07, 6.45) is 2.10. The molecule has 11 heteroatoms. The van der Waals surface area contributed by atoms with E-state index in [-0.39, 0.29) is 27.8 Å². The smallest absolute Gasteiger partial charge is 0.354 e. The summed E-state index contributed by atoms with van der Waals surface area (Å²) in [6.45, 7) is 3.21. The Bertz CT molecular complexity index is 1220. The van der Waals surface area contributed by atoms with Crippen LogP contribution in [0.25, 0.3) is 5.69 Å². The molecule has 0 fully saturated rings. The Morgan fingerprint density at radius 1 is 1.23 bits per heavy atom. The number of pyridine rings is 3. The standard InChI is InChI=1S/C19H13BClF2N3O4/c1-8-6-24-12(19(28)29)5-13(8)26-9(2)3-14(15(21)18(26)27)30-17(20)16-11(23)4-10(22)7-25-16/h3-7,17H,1-2H3,(H,28,29). The lowest BCUT2D eigenvalue weighted by molar-refractivity contribution is 0.0690. The first kappa shape index (κ1) is 21.4. The number of aromatic nitrogens is 3. The molecule has 3 heterocycles. The monoisotopic (exact) mass is 431 g/mol. The molecule has 3 aromatic heterocycles. The number of carboxylic acid groups (broad SMARTS) is 1. The number of rotatable bonds is 5. The average molecular weight is 432 g/mol. The zero-order valence-electron chi connectivity index (χ0n) is 15.7. The maximum Gasteiger partial charge on any atom is 0.354 e. The lowest BCUT2D eigenvalue weighted by atomic mass is 9.95. The van der Waals surface area contributed by atoms with Crippen LogP contribution in [0, 0.1) is 25.5 Å². The average Bonchev–Trinajstić information content (AvgIpc) is 2.67. The highest BCUT2D eigenvalue weighted by Gasteiger charge is 2.21. The van der Waals surface area contributed by atoms with E-state index in [2.05, 4.69) is 9.97 Å². The Morgan fingerprint density at radius 3 is 2.57 bits per heavy atom. The van der Waals surface area contributed by atoms with E-state index in [1.54, 1.807) is 13.8 Å². The van der Waals surface area contributed by atoms with Crippen LogP contribution in [-0.4, -0.2) is 33.5 Å². The Kier molecular flexibility index (Phi) is 5.88. The van der Waals surface area contributed by atoms with Gasteiger partial charge in [-0.05, 0) is 25.5 Å². The van der Waals surface area contributed by atoms with E-state index in [4.69, 9.17) is 29.3 Å². The maximum absolute atomic E-state index is 13.9. The van der Waals surface area contributed by atoms with E-state index in [9.17, 15) is 18.4 Å². The van der Waals surface area contributed by atoms with Gasteiger partial charge in [0.2, 0.25) is 0 Å². The highest BCUT2D eigenvalue weighted by molar-refractivity contribution is 6.31. The highest BCUT2D eigenvalue weighted by Crippen LogP contribution is 2.28. The molecule has 1 unspecified atom stereocenters. The fraction of sp³-hybridized carbons (Fsp3) is 0.158. The lowest BCUT2D eigenvalue weighted by Crippen LogP contribution is -2.24. The van der Waals surface area contributed by atoms with E-state index >= 15 is 0 Å². The largest absolute Gasteiger partial charge is 0.492 e. The van der Waals surface area contributed by atoms with Crippen molar-refractivity contribution in [3.05, 3.63) is 80.2 Å². The second-order valence-corrected chi connectivity index (χ2v) is 6.70. The van der Waals surface area contributed by atoms with E-state index in [0.717, 1.165) is 6.20 Å². The van der Waals surface area contributed by atoms with E-state index in [1.165, 1.54) is 22.9 Å². The van der Waals surface area contributed by atoms with Gasteiger partial charge in [-0.15, -0.1) is 0 Å². The summed E-state index contributed by atoms with van der Waals surface area (Å²) >= 11 is 6.15. The molecule has 30 heavy (non-hydrogen) atoms. The molecule has 152 valence electrons. The van der Waals surface area contributed by atoms with Crippen LogP contribution in [0.5, 0.6) is 5.75 Å². The van der Waals surface area contributed by atoms with E-state index in [0.29, 0.717) is 17.3 Å². The van der Waals surface area contributed by atoms with Crippen molar-refractivity contribution in [1.29, 1.82) is 0 Å². The Morgan fingerprint density at radius 2 is 1.93 bits per heavy atom. The third-order valence-corrected chi connectivity index (χ3v) is 4.54. The van der Waals surface area contributed by atoms with Gasteiger partial charge in [-0.3, -0.25) is 14.3 Å². The molecule has 0 saturated heterocycles. The van der Waals surface area contributed by atoms with Gasteiger partial charge in [0, 0.05) is 24.0 Å². The summed E-state index contributed by atoms with van der Waals surface area (Å²) in [7, 11) is 5.79. The SMILES string of the molecule is [B]C(Oc1cc(C)n(-c2cc(C(=O)O)ncc2C)c(=O)c1Cl)c1ncc(F)cc1F. The number of hydrogen-bond donors (Lipinski definition) is 1. The van der Waals surface area contributed by atoms with E-state index < -0.39 is 29.2 Å². The van der Waals surface area contributed by atoms with Crippen LogP contribution in [0.4, 0.5) is 8.78 Å². The van der Waals surface area contributed by atoms with Crippen LogP contribution in [0.2, 0.25) is 5.02 Å². The minimum Gasteiger partial charge on any atom is -0.492 e. The van der Waals surface area contributed by atoms with Gasteiger partial charge in [-0.25, -0.2) is 18.6 Å². The summed E-state index contributed by atoms with van der Waals surface area (Å²) in [5.41, 5.74) is -0.191. The molecule has 1 atom stereocenters. The quantitative estimate of drug-likeness (QED) is 0.624. The molecular formula is C19H13BClF2N3O4. The molecule has 3 rings (SSSR count).